The molecule has 1 N–H and O–H groups in total. The minimum absolute atomic E-state index is 0.0578. The number of hydrogen-bond acceptors (Lipinski definition) is 4. The van der Waals surface area contributed by atoms with Crippen LogP contribution in [0.2, 0.25) is 0 Å². The SMILES string of the molecule is CN1C(=O)c2ccc(C(=O)N[C@@H](c3ccc(C(F)(F)F)cc3)c3ncccc3C(F)(F)F)cc2C1=O. The quantitative estimate of drug-likeness (QED) is 0.404. The smallest absolute Gasteiger partial charge is 0.340 e. The van der Waals surface area contributed by atoms with Gasteiger partial charge >= 0.3 is 12.4 Å². The van der Waals surface area contributed by atoms with Gasteiger partial charge in [0.05, 0.1) is 34.0 Å². The molecule has 2 aromatic carbocycles. The molecule has 1 aliphatic heterocycles. The highest BCUT2D eigenvalue weighted by molar-refractivity contribution is 6.21. The Morgan fingerprint density at radius 3 is 2.14 bits per heavy atom. The van der Waals surface area contributed by atoms with E-state index >= 15 is 0 Å². The first-order chi connectivity index (χ1) is 16.8. The summed E-state index contributed by atoms with van der Waals surface area (Å²) in [6.45, 7) is 0. The van der Waals surface area contributed by atoms with Crippen molar-refractivity contribution < 1.29 is 40.7 Å². The highest BCUT2D eigenvalue weighted by Gasteiger charge is 2.38. The van der Waals surface area contributed by atoms with Crippen molar-refractivity contribution in [3.63, 3.8) is 0 Å². The second-order valence-corrected chi connectivity index (χ2v) is 7.89. The van der Waals surface area contributed by atoms with Gasteiger partial charge in [-0.3, -0.25) is 24.3 Å². The molecular weight excluding hydrogens is 492 g/mol. The maximum absolute atomic E-state index is 13.7. The summed E-state index contributed by atoms with van der Waals surface area (Å²) in [5, 5.41) is 2.37. The Morgan fingerprint density at radius 2 is 1.53 bits per heavy atom. The third kappa shape index (κ3) is 4.53. The molecule has 0 unspecified atom stereocenters. The number of nitrogens with zero attached hydrogens (tertiary/aromatic N) is 2. The third-order valence-electron chi connectivity index (χ3n) is 5.62. The van der Waals surface area contributed by atoms with E-state index in [1.807, 2.05) is 0 Å². The minimum Gasteiger partial charge on any atom is -0.340 e. The molecule has 1 aliphatic rings. The molecule has 1 aromatic heterocycles. The van der Waals surface area contributed by atoms with Crippen LogP contribution >= 0.6 is 0 Å². The van der Waals surface area contributed by atoms with E-state index in [9.17, 15) is 40.7 Å². The number of imide groups is 1. The van der Waals surface area contributed by atoms with Crippen molar-refractivity contribution in [3.8, 4) is 0 Å². The molecule has 0 spiro atoms. The molecule has 3 aromatic rings. The number of hydrogen-bond donors (Lipinski definition) is 1. The van der Waals surface area contributed by atoms with Crippen molar-refractivity contribution in [1.82, 2.24) is 15.2 Å². The number of halogens is 6. The molecule has 0 aliphatic carbocycles. The van der Waals surface area contributed by atoms with Crippen molar-refractivity contribution >= 4 is 17.7 Å². The molecule has 0 fully saturated rings. The van der Waals surface area contributed by atoms with Crippen molar-refractivity contribution in [2.45, 2.75) is 18.4 Å². The summed E-state index contributed by atoms with van der Waals surface area (Å²) in [6.07, 6.45) is -8.49. The largest absolute Gasteiger partial charge is 0.418 e. The average Bonchev–Trinajstić information content (AvgIpc) is 3.05. The molecule has 12 heteroatoms. The van der Waals surface area contributed by atoms with Gasteiger partial charge in [-0.15, -0.1) is 0 Å². The van der Waals surface area contributed by atoms with Crippen LogP contribution in [0.25, 0.3) is 0 Å². The lowest BCUT2D eigenvalue weighted by Crippen LogP contribution is -2.32. The number of aromatic nitrogens is 1. The Balaban J connectivity index is 1.76. The lowest BCUT2D eigenvalue weighted by atomic mass is 9.97. The van der Waals surface area contributed by atoms with Crippen LogP contribution in [0.15, 0.2) is 60.8 Å². The fraction of sp³-hybridized carbons (Fsp3) is 0.167. The van der Waals surface area contributed by atoms with Crippen LogP contribution in [-0.4, -0.2) is 34.7 Å². The Hall–Kier alpha value is -4.22. The molecule has 0 radical (unpaired) electrons. The molecule has 0 bridgehead atoms. The summed E-state index contributed by atoms with van der Waals surface area (Å²) in [4.78, 5) is 42.0. The number of rotatable bonds is 4. The van der Waals surface area contributed by atoms with Gasteiger partial charge in [0.15, 0.2) is 0 Å². The topological polar surface area (TPSA) is 79.4 Å². The van der Waals surface area contributed by atoms with Crippen molar-refractivity contribution in [2.75, 3.05) is 7.05 Å². The summed E-state index contributed by atoms with van der Waals surface area (Å²) < 4.78 is 80.1. The van der Waals surface area contributed by atoms with Gasteiger partial charge in [-0.1, -0.05) is 12.1 Å². The number of amides is 3. The van der Waals surface area contributed by atoms with Crippen LogP contribution in [0.1, 0.15) is 59.5 Å². The zero-order valence-electron chi connectivity index (χ0n) is 18.2. The van der Waals surface area contributed by atoms with Gasteiger partial charge in [-0.2, -0.15) is 26.3 Å². The number of carbonyl (C=O) groups excluding carboxylic acids is 3. The van der Waals surface area contributed by atoms with E-state index in [4.69, 9.17) is 0 Å². The highest BCUT2D eigenvalue weighted by atomic mass is 19.4. The predicted octanol–water partition coefficient (Wildman–Crippen LogP) is 4.86. The second-order valence-electron chi connectivity index (χ2n) is 7.89. The summed E-state index contributed by atoms with van der Waals surface area (Å²) in [5.41, 5.74) is -3.09. The van der Waals surface area contributed by atoms with Crippen LogP contribution in [-0.2, 0) is 12.4 Å². The fourth-order valence-corrected chi connectivity index (χ4v) is 3.78. The summed E-state index contributed by atoms with van der Waals surface area (Å²) in [6, 6.07) is 7.02. The predicted molar refractivity (Wildman–Crippen MR) is 113 cm³/mol. The Bertz CT molecular complexity index is 1370. The maximum atomic E-state index is 13.7. The van der Waals surface area contributed by atoms with E-state index in [-0.39, 0.29) is 22.3 Å². The average molecular weight is 507 g/mol. The normalized spacial score (nSPS) is 14.6. The number of pyridine rings is 1. The maximum Gasteiger partial charge on any atom is 0.418 e. The molecular formula is C24H15F6N3O3. The van der Waals surface area contributed by atoms with Gasteiger partial charge in [-0.25, -0.2) is 0 Å². The lowest BCUT2D eigenvalue weighted by Gasteiger charge is -2.23. The first kappa shape index (κ1) is 24.9. The molecule has 186 valence electrons. The van der Waals surface area contributed by atoms with E-state index in [0.29, 0.717) is 12.1 Å². The second kappa shape index (κ2) is 8.77. The van der Waals surface area contributed by atoms with Crippen molar-refractivity contribution in [1.29, 1.82) is 0 Å². The van der Waals surface area contributed by atoms with Gasteiger partial charge in [0, 0.05) is 18.8 Å². The summed E-state index contributed by atoms with van der Waals surface area (Å²) in [7, 11) is 1.25. The van der Waals surface area contributed by atoms with Crippen molar-refractivity contribution in [3.05, 3.63) is 99.9 Å². The minimum atomic E-state index is -4.87. The van der Waals surface area contributed by atoms with Crippen LogP contribution in [0.3, 0.4) is 0 Å². The van der Waals surface area contributed by atoms with Crippen LogP contribution in [0.5, 0.6) is 0 Å². The van der Waals surface area contributed by atoms with Crippen LogP contribution in [0, 0.1) is 0 Å². The number of nitrogens with one attached hydrogen (secondary N) is 1. The molecule has 0 saturated heterocycles. The zero-order valence-corrected chi connectivity index (χ0v) is 18.2. The van der Waals surface area contributed by atoms with Gasteiger partial charge in [0.1, 0.15) is 0 Å². The van der Waals surface area contributed by atoms with E-state index in [1.54, 1.807) is 0 Å². The highest BCUT2D eigenvalue weighted by Crippen LogP contribution is 2.37. The van der Waals surface area contributed by atoms with E-state index < -0.39 is 52.9 Å². The van der Waals surface area contributed by atoms with Gasteiger partial charge < -0.3 is 5.32 Å². The molecule has 3 amide bonds. The molecule has 1 atom stereocenters. The van der Waals surface area contributed by atoms with E-state index in [1.165, 1.54) is 19.2 Å². The fourth-order valence-electron chi connectivity index (χ4n) is 3.78. The Kier molecular flexibility index (Phi) is 6.07. The third-order valence-corrected chi connectivity index (χ3v) is 5.62. The first-order valence-corrected chi connectivity index (χ1v) is 10.3. The van der Waals surface area contributed by atoms with Gasteiger partial charge in [-0.05, 0) is 48.0 Å². The number of fused-ring (bicyclic) bond motifs is 1. The monoisotopic (exact) mass is 507 g/mol. The molecule has 36 heavy (non-hydrogen) atoms. The molecule has 2 heterocycles. The van der Waals surface area contributed by atoms with Crippen LogP contribution in [0.4, 0.5) is 26.3 Å². The Morgan fingerprint density at radius 1 is 0.889 bits per heavy atom. The summed E-state index contributed by atoms with van der Waals surface area (Å²) in [5.74, 6) is -2.17. The Labute approximate surface area is 199 Å². The van der Waals surface area contributed by atoms with Crippen molar-refractivity contribution in [2.24, 2.45) is 0 Å². The standard InChI is InChI=1S/C24H15F6N3O3/c1-33-21(35)15-9-6-13(11-16(15)22(33)36)20(34)32-18(12-4-7-14(8-5-12)23(25,26)27)19-17(24(28,29)30)3-2-10-31-19/h2-11,18H,1H3,(H,32,34)/t18-/m0/s1. The lowest BCUT2D eigenvalue weighted by molar-refractivity contribution is -0.139. The molecule has 0 saturated carbocycles. The van der Waals surface area contributed by atoms with E-state index in [2.05, 4.69) is 10.3 Å². The number of carbonyl (C=O) groups is 3. The summed E-state index contributed by atoms with van der Waals surface area (Å²) >= 11 is 0. The zero-order chi connectivity index (χ0) is 26.4. The van der Waals surface area contributed by atoms with Gasteiger partial charge in [0.2, 0.25) is 0 Å². The number of alkyl halides is 6. The van der Waals surface area contributed by atoms with E-state index in [0.717, 1.165) is 41.4 Å². The van der Waals surface area contributed by atoms with Gasteiger partial charge in [0.25, 0.3) is 17.7 Å². The number of benzene rings is 2. The first-order valence-electron chi connectivity index (χ1n) is 10.3. The van der Waals surface area contributed by atoms with Crippen LogP contribution < -0.4 is 5.32 Å². The molecule has 6 nitrogen and oxygen atoms in total. The molecule has 4 rings (SSSR count).